The Bertz CT molecular complexity index is 2090. The van der Waals surface area contributed by atoms with Gasteiger partial charge in [0.05, 0.1) is 0 Å². The third kappa shape index (κ3) is 6.07. The quantitative estimate of drug-likeness (QED) is 0.182. The van der Waals surface area contributed by atoms with Crippen molar-refractivity contribution in [2.24, 2.45) is 0 Å². The van der Waals surface area contributed by atoms with Crippen LogP contribution in [-0.2, 0) is 0 Å². The highest BCUT2D eigenvalue weighted by molar-refractivity contribution is 5.89. The molecule has 2 heteroatoms. The van der Waals surface area contributed by atoms with E-state index in [1.54, 1.807) is 0 Å². The molecule has 0 heterocycles. The lowest BCUT2D eigenvalue weighted by Crippen LogP contribution is -1.89. The van der Waals surface area contributed by atoms with Gasteiger partial charge in [0.2, 0.25) is 0 Å². The number of benzene rings is 8. The predicted octanol–water partition coefficient (Wildman–Crippen LogP) is 12.8. The molecular weight excluding hydrogens is 609 g/mol. The summed E-state index contributed by atoms with van der Waals surface area (Å²) in [6.45, 7) is 0. The number of hydrogen-bond donors (Lipinski definition) is 2. The average Bonchev–Trinajstić information content (AvgIpc) is 3.19. The molecule has 0 fully saturated rings. The lowest BCUT2D eigenvalue weighted by Gasteiger charge is -2.15. The fraction of sp³-hybridized carbons (Fsp3) is 0. The second-order valence-corrected chi connectivity index (χ2v) is 12.5. The first-order chi connectivity index (χ1) is 24.6. The zero-order valence-corrected chi connectivity index (χ0v) is 27.4. The van der Waals surface area contributed by atoms with E-state index in [0.717, 1.165) is 77.9 Å². The summed E-state index contributed by atoms with van der Waals surface area (Å²) in [5, 5.41) is 22.8. The molecule has 0 radical (unpaired) electrons. The normalized spacial score (nSPS) is 11.0. The first-order valence-corrected chi connectivity index (χ1v) is 16.8. The molecule has 0 saturated carbocycles. The molecule has 0 aliphatic rings. The van der Waals surface area contributed by atoms with Crippen LogP contribution in [0.25, 0.3) is 77.9 Å². The molecule has 8 aromatic rings. The van der Waals surface area contributed by atoms with Gasteiger partial charge in [-0.25, -0.2) is 0 Å². The van der Waals surface area contributed by atoms with Crippen LogP contribution in [0.4, 0.5) is 0 Å². The topological polar surface area (TPSA) is 40.5 Å². The van der Waals surface area contributed by atoms with Gasteiger partial charge in [-0.2, -0.15) is 0 Å². The van der Waals surface area contributed by atoms with Crippen LogP contribution < -0.4 is 0 Å². The van der Waals surface area contributed by atoms with Gasteiger partial charge >= 0.3 is 0 Å². The maximum atomic E-state index is 11.4. The Morgan fingerprint density at radius 1 is 0.200 bits per heavy atom. The number of phenols is 2. The van der Waals surface area contributed by atoms with E-state index in [9.17, 15) is 10.2 Å². The summed E-state index contributed by atoms with van der Waals surface area (Å²) in [5.41, 5.74) is 13.6. The first kappa shape index (κ1) is 30.7. The van der Waals surface area contributed by atoms with Crippen LogP contribution >= 0.6 is 0 Å². The molecular formula is C48H34O2. The lowest BCUT2D eigenvalue weighted by atomic mass is 9.90. The van der Waals surface area contributed by atoms with Crippen LogP contribution in [0, 0.1) is 0 Å². The Balaban J connectivity index is 1.14. The first-order valence-electron chi connectivity index (χ1n) is 16.8. The van der Waals surface area contributed by atoms with Crippen molar-refractivity contribution in [1.82, 2.24) is 0 Å². The van der Waals surface area contributed by atoms with Crippen LogP contribution in [0.15, 0.2) is 194 Å². The number of aromatic hydroxyl groups is 2. The Kier molecular flexibility index (Phi) is 8.26. The summed E-state index contributed by atoms with van der Waals surface area (Å²) in [4.78, 5) is 0. The molecule has 8 aromatic carbocycles. The Morgan fingerprint density at radius 2 is 0.400 bits per heavy atom. The van der Waals surface area contributed by atoms with Crippen molar-refractivity contribution >= 4 is 0 Å². The highest BCUT2D eigenvalue weighted by atomic mass is 16.3. The summed E-state index contributed by atoms with van der Waals surface area (Å²) < 4.78 is 0. The minimum atomic E-state index is 0.281. The molecule has 0 amide bonds. The van der Waals surface area contributed by atoms with Crippen LogP contribution in [0.3, 0.4) is 0 Å². The fourth-order valence-electron chi connectivity index (χ4n) is 6.66. The van der Waals surface area contributed by atoms with Crippen molar-refractivity contribution in [3.8, 4) is 89.4 Å². The van der Waals surface area contributed by atoms with Crippen molar-refractivity contribution in [3.63, 3.8) is 0 Å². The van der Waals surface area contributed by atoms with E-state index in [-0.39, 0.29) is 11.5 Å². The largest absolute Gasteiger partial charge is 0.507 e. The summed E-state index contributed by atoms with van der Waals surface area (Å²) >= 11 is 0. The molecule has 0 saturated heterocycles. The van der Waals surface area contributed by atoms with Gasteiger partial charge < -0.3 is 10.2 Å². The molecule has 0 bridgehead atoms. The smallest absolute Gasteiger partial charge is 0.131 e. The van der Waals surface area contributed by atoms with Crippen LogP contribution in [0.5, 0.6) is 11.5 Å². The average molecular weight is 643 g/mol. The van der Waals surface area contributed by atoms with E-state index in [2.05, 4.69) is 72.8 Å². The maximum Gasteiger partial charge on any atom is 0.131 e. The molecule has 2 nitrogen and oxygen atoms in total. The van der Waals surface area contributed by atoms with Crippen molar-refractivity contribution in [3.05, 3.63) is 194 Å². The molecule has 50 heavy (non-hydrogen) atoms. The molecule has 0 aliphatic heterocycles. The van der Waals surface area contributed by atoms with E-state index in [1.165, 1.54) is 0 Å². The van der Waals surface area contributed by atoms with E-state index in [0.29, 0.717) is 0 Å². The third-order valence-corrected chi connectivity index (χ3v) is 9.33. The fourth-order valence-corrected chi connectivity index (χ4v) is 6.66. The molecule has 8 rings (SSSR count). The number of hydrogen-bond acceptors (Lipinski definition) is 2. The second-order valence-electron chi connectivity index (χ2n) is 12.5. The molecule has 0 aromatic heterocycles. The summed E-state index contributed by atoms with van der Waals surface area (Å²) in [6, 6.07) is 65.7. The summed E-state index contributed by atoms with van der Waals surface area (Å²) in [6.07, 6.45) is 0. The van der Waals surface area contributed by atoms with Gasteiger partial charge in [0.25, 0.3) is 0 Å². The van der Waals surface area contributed by atoms with E-state index >= 15 is 0 Å². The minimum absolute atomic E-state index is 0.281. The van der Waals surface area contributed by atoms with Gasteiger partial charge in [0.15, 0.2) is 0 Å². The van der Waals surface area contributed by atoms with Gasteiger partial charge in [-0.05, 0) is 79.9 Å². The van der Waals surface area contributed by atoms with Crippen LogP contribution in [-0.4, -0.2) is 10.2 Å². The number of rotatable bonds is 7. The van der Waals surface area contributed by atoms with Gasteiger partial charge in [-0.1, -0.05) is 170 Å². The van der Waals surface area contributed by atoms with Gasteiger partial charge in [0.1, 0.15) is 11.5 Å². The predicted molar refractivity (Wildman–Crippen MR) is 208 cm³/mol. The van der Waals surface area contributed by atoms with Gasteiger partial charge in [0, 0.05) is 22.3 Å². The lowest BCUT2D eigenvalue weighted by molar-refractivity contribution is 0.479. The zero-order chi connectivity index (χ0) is 33.9. The minimum Gasteiger partial charge on any atom is -0.507 e. The van der Waals surface area contributed by atoms with Crippen molar-refractivity contribution in [2.75, 3.05) is 0 Å². The molecule has 0 atom stereocenters. The Labute approximate surface area is 292 Å². The van der Waals surface area contributed by atoms with Crippen LogP contribution in [0.1, 0.15) is 0 Å². The van der Waals surface area contributed by atoms with E-state index in [4.69, 9.17) is 0 Å². The number of phenolic OH excluding ortho intramolecular Hbond substituents is 2. The monoisotopic (exact) mass is 642 g/mol. The Morgan fingerprint density at radius 3 is 0.620 bits per heavy atom. The zero-order valence-electron chi connectivity index (χ0n) is 27.4. The molecule has 0 aliphatic carbocycles. The molecule has 2 N–H and O–H groups in total. The van der Waals surface area contributed by atoms with Gasteiger partial charge in [-0.15, -0.1) is 0 Å². The second kappa shape index (κ2) is 13.5. The molecule has 0 spiro atoms. The van der Waals surface area contributed by atoms with E-state index < -0.39 is 0 Å². The van der Waals surface area contributed by atoms with Crippen LogP contribution in [0.2, 0.25) is 0 Å². The van der Waals surface area contributed by atoms with E-state index in [1.807, 2.05) is 121 Å². The summed E-state index contributed by atoms with van der Waals surface area (Å²) in [7, 11) is 0. The Hall–Kier alpha value is -6.64. The standard InChI is InChI=1S/C48H34O2/c49-47-43(37-13-5-1-6-14-37)29-41(30-44(47)38-15-7-2-8-16-38)35-25-21-33(22-26-35)34-23-27-36(28-24-34)42-31-45(39-17-9-3-10-18-39)48(50)46(32-42)40-19-11-4-12-20-40/h1-32,49-50H. The molecule has 0 unspecified atom stereocenters. The maximum absolute atomic E-state index is 11.4. The summed E-state index contributed by atoms with van der Waals surface area (Å²) in [5.74, 6) is 0.562. The molecule has 238 valence electrons. The third-order valence-electron chi connectivity index (χ3n) is 9.33. The SMILES string of the molecule is Oc1c(-c2ccccc2)cc(-c2ccc(-c3ccc(-c4cc(-c5ccccc5)c(O)c(-c5ccccc5)c4)cc3)cc2)cc1-c1ccccc1. The van der Waals surface area contributed by atoms with Crippen molar-refractivity contribution in [2.45, 2.75) is 0 Å². The highest BCUT2D eigenvalue weighted by Crippen LogP contribution is 2.44. The van der Waals surface area contributed by atoms with Crippen molar-refractivity contribution in [1.29, 1.82) is 0 Å². The van der Waals surface area contributed by atoms with Crippen molar-refractivity contribution < 1.29 is 10.2 Å². The highest BCUT2D eigenvalue weighted by Gasteiger charge is 2.16. The van der Waals surface area contributed by atoms with Gasteiger partial charge in [-0.3, -0.25) is 0 Å².